The first-order valence-electron chi connectivity index (χ1n) is 6.82. The molecule has 8 heteroatoms. The minimum absolute atomic E-state index is 0.512. The van der Waals surface area contributed by atoms with Crippen molar-refractivity contribution in [2.45, 2.75) is 13.8 Å². The van der Waals surface area contributed by atoms with Crippen LogP contribution in [0.5, 0.6) is 0 Å². The second-order valence-electron chi connectivity index (χ2n) is 4.93. The molecule has 3 heterocycles. The number of aryl methyl sites for hydroxylation is 2. The van der Waals surface area contributed by atoms with Crippen molar-refractivity contribution in [1.82, 2.24) is 14.5 Å². The zero-order valence-electron chi connectivity index (χ0n) is 12.9. The van der Waals surface area contributed by atoms with E-state index in [0.29, 0.717) is 5.82 Å². The van der Waals surface area contributed by atoms with E-state index in [1.54, 1.807) is 12.4 Å². The summed E-state index contributed by atoms with van der Waals surface area (Å²) in [5, 5.41) is 0. The van der Waals surface area contributed by atoms with E-state index in [9.17, 15) is 0 Å². The highest BCUT2D eigenvalue weighted by Gasteiger charge is 2.08. The zero-order chi connectivity index (χ0) is 17.9. The van der Waals surface area contributed by atoms with E-state index in [1.807, 2.05) is 12.1 Å². The second-order valence-corrected chi connectivity index (χ2v) is 8.47. The molecule has 2 N–H and O–H groups in total. The summed E-state index contributed by atoms with van der Waals surface area (Å²) in [6, 6.07) is 8.03. The molecule has 0 radical (unpaired) electrons. The number of halogens is 4. The molecule has 0 spiro atoms. The molecule has 0 saturated heterocycles. The molecule has 0 aliphatic heterocycles. The van der Waals surface area contributed by atoms with Gasteiger partial charge in [0.25, 0.3) is 0 Å². The first-order chi connectivity index (χ1) is 11.3. The van der Waals surface area contributed by atoms with Gasteiger partial charge in [0.05, 0.1) is 8.95 Å². The fourth-order valence-corrected chi connectivity index (χ4v) is 4.15. The van der Waals surface area contributed by atoms with Crippen LogP contribution in [0.25, 0.3) is 5.82 Å². The second kappa shape index (κ2) is 8.60. The lowest BCUT2D eigenvalue weighted by atomic mass is 10.4. The fraction of sp³-hybridized carbons (Fsp3) is 0.125. The van der Waals surface area contributed by atoms with Crippen LogP contribution in [-0.2, 0) is 0 Å². The highest BCUT2D eigenvalue weighted by Crippen LogP contribution is 2.25. The molecule has 0 aliphatic rings. The molecule has 0 fully saturated rings. The Morgan fingerprint density at radius 3 is 1.79 bits per heavy atom. The van der Waals surface area contributed by atoms with E-state index in [2.05, 4.69) is 104 Å². The maximum Gasteiger partial charge on any atom is 0.151 e. The van der Waals surface area contributed by atoms with E-state index in [0.717, 1.165) is 23.7 Å². The average molecular weight is 582 g/mol. The molecule has 3 aromatic rings. The van der Waals surface area contributed by atoms with Crippen LogP contribution in [-0.4, -0.2) is 14.5 Å². The van der Waals surface area contributed by atoms with Crippen LogP contribution in [0.2, 0.25) is 0 Å². The number of hydrogen-bond acceptors (Lipinski definition) is 3. The van der Waals surface area contributed by atoms with Crippen LogP contribution in [0.1, 0.15) is 11.4 Å². The maximum absolute atomic E-state index is 5.41. The standard InChI is InChI=1S/C11H10Br2N2.C5H4Br2N2/c1-7-3-4-8(2)15(7)11-10(13)5-9(12)6-14-11;6-3-1-4(7)5(8)9-2-3/h3-6H,1-2H3;1-2H,(H2,8,9). The average Bonchev–Trinajstić information content (AvgIpc) is 2.84. The normalized spacial score (nSPS) is 10.2. The Balaban J connectivity index is 0.000000198. The van der Waals surface area contributed by atoms with Gasteiger partial charge < -0.3 is 10.3 Å². The number of nitrogens with zero attached hydrogens (tertiary/aromatic N) is 3. The zero-order valence-corrected chi connectivity index (χ0v) is 19.2. The van der Waals surface area contributed by atoms with Crippen molar-refractivity contribution in [3.63, 3.8) is 0 Å². The summed E-state index contributed by atoms with van der Waals surface area (Å²) >= 11 is 13.4. The van der Waals surface area contributed by atoms with Gasteiger partial charge >= 0.3 is 0 Å². The van der Waals surface area contributed by atoms with Crippen molar-refractivity contribution in [2.75, 3.05) is 5.73 Å². The number of anilines is 1. The largest absolute Gasteiger partial charge is 0.383 e. The molecule has 0 bridgehead atoms. The number of nitrogens with two attached hydrogens (primary N) is 1. The molecule has 4 nitrogen and oxygen atoms in total. The van der Waals surface area contributed by atoms with Gasteiger partial charge in [-0.15, -0.1) is 0 Å². The quantitative estimate of drug-likeness (QED) is 0.372. The van der Waals surface area contributed by atoms with Gasteiger partial charge in [0, 0.05) is 32.7 Å². The lowest BCUT2D eigenvalue weighted by Crippen LogP contribution is -2.02. The molecular weight excluding hydrogens is 568 g/mol. The van der Waals surface area contributed by atoms with E-state index in [-0.39, 0.29) is 0 Å². The van der Waals surface area contributed by atoms with Crippen LogP contribution in [0, 0.1) is 13.8 Å². The molecule has 3 rings (SSSR count). The summed E-state index contributed by atoms with van der Waals surface area (Å²) < 4.78 is 5.82. The molecular formula is C16H14Br4N4. The number of hydrogen-bond donors (Lipinski definition) is 1. The molecule has 0 atom stereocenters. The lowest BCUT2D eigenvalue weighted by Gasteiger charge is -2.10. The first-order valence-corrected chi connectivity index (χ1v) is 9.99. The summed E-state index contributed by atoms with van der Waals surface area (Å²) in [6.07, 6.45) is 3.46. The summed E-state index contributed by atoms with van der Waals surface area (Å²) in [4.78, 5) is 8.27. The van der Waals surface area contributed by atoms with Crippen molar-refractivity contribution < 1.29 is 0 Å². The van der Waals surface area contributed by atoms with Crippen molar-refractivity contribution in [3.05, 3.63) is 65.9 Å². The maximum atomic E-state index is 5.41. The van der Waals surface area contributed by atoms with Crippen LogP contribution >= 0.6 is 63.7 Å². The number of pyridine rings is 2. The Morgan fingerprint density at radius 1 is 0.833 bits per heavy atom. The lowest BCUT2D eigenvalue weighted by molar-refractivity contribution is 0.914. The van der Waals surface area contributed by atoms with Gasteiger partial charge in [-0.3, -0.25) is 0 Å². The number of aromatic nitrogens is 3. The van der Waals surface area contributed by atoms with Crippen molar-refractivity contribution in [1.29, 1.82) is 0 Å². The highest BCUT2D eigenvalue weighted by atomic mass is 79.9. The Kier molecular flexibility index (Phi) is 7.03. The summed E-state index contributed by atoms with van der Waals surface area (Å²) in [6.45, 7) is 4.15. The van der Waals surface area contributed by atoms with Crippen molar-refractivity contribution in [2.24, 2.45) is 0 Å². The minimum Gasteiger partial charge on any atom is -0.383 e. The van der Waals surface area contributed by atoms with Gasteiger partial charge in [0.15, 0.2) is 5.82 Å². The molecule has 0 amide bonds. The van der Waals surface area contributed by atoms with Crippen molar-refractivity contribution >= 4 is 69.5 Å². The predicted molar refractivity (Wildman–Crippen MR) is 112 cm³/mol. The molecule has 3 aromatic heterocycles. The van der Waals surface area contributed by atoms with Gasteiger partial charge in [0.1, 0.15) is 5.82 Å². The summed E-state index contributed by atoms with van der Waals surface area (Å²) in [5.41, 5.74) is 7.78. The molecule has 0 aliphatic carbocycles. The molecule has 24 heavy (non-hydrogen) atoms. The predicted octanol–water partition coefficient (Wildman–Crippen LogP) is 6.20. The molecule has 0 saturated carbocycles. The van der Waals surface area contributed by atoms with Gasteiger partial charge in [-0.05, 0) is 102 Å². The SMILES string of the molecule is Cc1ccc(C)n1-c1ncc(Br)cc1Br.Nc1ncc(Br)cc1Br. The third-order valence-electron chi connectivity index (χ3n) is 3.11. The monoisotopic (exact) mass is 578 g/mol. The smallest absolute Gasteiger partial charge is 0.151 e. The van der Waals surface area contributed by atoms with Crippen LogP contribution in [0.15, 0.2) is 54.6 Å². The van der Waals surface area contributed by atoms with E-state index in [4.69, 9.17) is 5.73 Å². The Labute approximate surface area is 174 Å². The van der Waals surface area contributed by atoms with Gasteiger partial charge in [-0.25, -0.2) is 9.97 Å². The summed E-state index contributed by atoms with van der Waals surface area (Å²) in [5.74, 6) is 1.44. The summed E-state index contributed by atoms with van der Waals surface area (Å²) in [7, 11) is 0. The molecule has 126 valence electrons. The van der Waals surface area contributed by atoms with E-state index in [1.165, 1.54) is 11.4 Å². The first kappa shape index (κ1) is 19.6. The van der Waals surface area contributed by atoms with Crippen LogP contribution in [0.3, 0.4) is 0 Å². The topological polar surface area (TPSA) is 56.7 Å². The molecule has 0 unspecified atom stereocenters. The third kappa shape index (κ3) is 4.91. The van der Waals surface area contributed by atoms with Crippen LogP contribution in [0.4, 0.5) is 5.82 Å². The number of nitrogen functional groups attached to an aromatic ring is 1. The van der Waals surface area contributed by atoms with Crippen LogP contribution < -0.4 is 5.73 Å². The third-order valence-corrected chi connectivity index (χ3v) is 5.19. The Morgan fingerprint density at radius 2 is 1.33 bits per heavy atom. The minimum atomic E-state index is 0.512. The van der Waals surface area contributed by atoms with Gasteiger partial charge in [-0.1, -0.05) is 0 Å². The van der Waals surface area contributed by atoms with Crippen molar-refractivity contribution in [3.8, 4) is 5.82 Å². The highest BCUT2D eigenvalue weighted by molar-refractivity contribution is 9.11. The Bertz CT molecular complexity index is 842. The van der Waals surface area contributed by atoms with E-state index >= 15 is 0 Å². The van der Waals surface area contributed by atoms with Gasteiger partial charge in [0.2, 0.25) is 0 Å². The van der Waals surface area contributed by atoms with Gasteiger partial charge in [-0.2, -0.15) is 0 Å². The van der Waals surface area contributed by atoms with E-state index < -0.39 is 0 Å². The Hall–Kier alpha value is -0.700. The fourth-order valence-electron chi connectivity index (χ4n) is 2.00. The number of rotatable bonds is 1. The molecule has 0 aromatic carbocycles.